The summed E-state index contributed by atoms with van der Waals surface area (Å²) < 4.78 is 0. The summed E-state index contributed by atoms with van der Waals surface area (Å²) >= 11 is 0. The van der Waals surface area contributed by atoms with Gasteiger partial charge >= 0.3 is 0 Å². The van der Waals surface area contributed by atoms with Crippen LogP contribution < -0.4 is 21.3 Å². The van der Waals surface area contributed by atoms with Crippen LogP contribution in [0, 0.1) is 0 Å². The fraction of sp³-hybridized carbons (Fsp3) is 0.217. The summed E-state index contributed by atoms with van der Waals surface area (Å²) in [5.74, 6) is 0.155. The summed E-state index contributed by atoms with van der Waals surface area (Å²) in [4.78, 5) is 33.1. The second-order valence-corrected chi connectivity index (χ2v) is 7.33. The lowest BCUT2D eigenvalue weighted by Gasteiger charge is -2.20. The minimum absolute atomic E-state index is 0.0774. The van der Waals surface area contributed by atoms with Crippen molar-refractivity contribution >= 4 is 29.3 Å². The molecule has 0 fully saturated rings. The van der Waals surface area contributed by atoms with E-state index in [0.717, 1.165) is 23.2 Å². The van der Waals surface area contributed by atoms with Crippen molar-refractivity contribution in [2.24, 2.45) is 0 Å². The van der Waals surface area contributed by atoms with Crippen LogP contribution in [0.4, 0.5) is 17.5 Å². The van der Waals surface area contributed by atoms with Crippen LogP contribution in [0.25, 0.3) is 0 Å². The summed E-state index contributed by atoms with van der Waals surface area (Å²) in [6, 6.07) is 14.4. The Morgan fingerprint density at radius 2 is 2.03 bits per heavy atom. The highest BCUT2D eigenvalue weighted by molar-refractivity contribution is 5.99. The maximum atomic E-state index is 12.3. The van der Waals surface area contributed by atoms with Gasteiger partial charge in [-0.15, -0.1) is 0 Å². The van der Waals surface area contributed by atoms with Crippen molar-refractivity contribution in [1.29, 1.82) is 0 Å². The SMILES string of the molecule is CNC(=O)c1cnc(Nc2ccc3c(c2)CCNC3=O)nc1N[C@H](CO)c1ccccc1. The van der Waals surface area contributed by atoms with Crippen molar-refractivity contribution in [3.63, 3.8) is 0 Å². The molecule has 0 spiro atoms. The van der Waals surface area contributed by atoms with E-state index < -0.39 is 6.04 Å². The molecule has 3 aromatic rings. The molecule has 0 saturated heterocycles. The molecule has 1 aliphatic heterocycles. The van der Waals surface area contributed by atoms with Gasteiger partial charge in [0, 0.05) is 31.0 Å². The highest BCUT2D eigenvalue weighted by atomic mass is 16.3. The van der Waals surface area contributed by atoms with Crippen LogP contribution in [-0.4, -0.2) is 47.1 Å². The molecule has 1 aliphatic rings. The molecule has 164 valence electrons. The van der Waals surface area contributed by atoms with Crippen LogP contribution in [0.1, 0.15) is 37.9 Å². The van der Waals surface area contributed by atoms with E-state index in [9.17, 15) is 14.7 Å². The number of aliphatic hydroxyl groups is 1. The normalized spacial score (nSPS) is 13.5. The van der Waals surface area contributed by atoms with Crippen LogP contribution in [0.2, 0.25) is 0 Å². The van der Waals surface area contributed by atoms with Gasteiger partial charge in [0.25, 0.3) is 11.8 Å². The number of fused-ring (bicyclic) bond motifs is 1. The number of rotatable bonds is 7. The van der Waals surface area contributed by atoms with Crippen molar-refractivity contribution in [2.75, 3.05) is 30.8 Å². The van der Waals surface area contributed by atoms with Crippen molar-refractivity contribution < 1.29 is 14.7 Å². The molecule has 0 unspecified atom stereocenters. The van der Waals surface area contributed by atoms with E-state index in [0.29, 0.717) is 17.9 Å². The Hall–Kier alpha value is -3.98. The minimum Gasteiger partial charge on any atom is -0.394 e. The molecule has 0 bridgehead atoms. The molecule has 2 aromatic carbocycles. The maximum Gasteiger partial charge on any atom is 0.256 e. The van der Waals surface area contributed by atoms with Gasteiger partial charge in [0.05, 0.1) is 12.6 Å². The molecule has 5 N–H and O–H groups in total. The van der Waals surface area contributed by atoms with Crippen LogP contribution in [0.5, 0.6) is 0 Å². The quantitative estimate of drug-likeness (QED) is 0.386. The van der Waals surface area contributed by atoms with Gasteiger partial charge in [0.15, 0.2) is 0 Å². The molecule has 2 amide bonds. The predicted molar refractivity (Wildman–Crippen MR) is 121 cm³/mol. The Kier molecular flexibility index (Phi) is 6.27. The maximum absolute atomic E-state index is 12.3. The lowest BCUT2D eigenvalue weighted by Crippen LogP contribution is -2.31. The van der Waals surface area contributed by atoms with Crippen LogP contribution in [0.15, 0.2) is 54.7 Å². The molecule has 0 saturated carbocycles. The zero-order valence-corrected chi connectivity index (χ0v) is 17.6. The number of nitrogens with zero attached hydrogens (tertiary/aromatic N) is 2. The van der Waals surface area contributed by atoms with E-state index in [4.69, 9.17) is 0 Å². The number of amides is 2. The smallest absolute Gasteiger partial charge is 0.256 e. The molecule has 9 nitrogen and oxygen atoms in total. The first-order valence-electron chi connectivity index (χ1n) is 10.3. The summed E-state index contributed by atoms with van der Waals surface area (Å²) in [6.07, 6.45) is 2.18. The number of aromatic nitrogens is 2. The number of carbonyl (C=O) groups excluding carboxylic acids is 2. The van der Waals surface area contributed by atoms with Gasteiger partial charge in [0.2, 0.25) is 5.95 Å². The number of hydrogen-bond donors (Lipinski definition) is 5. The number of hydrogen-bond acceptors (Lipinski definition) is 7. The van der Waals surface area contributed by atoms with Gasteiger partial charge in [-0.3, -0.25) is 9.59 Å². The molecular formula is C23H24N6O3. The second-order valence-electron chi connectivity index (χ2n) is 7.33. The standard InChI is InChI=1S/C23H24N6O3/c1-24-21(31)18-12-26-23(27-16-7-8-17-15(11-16)9-10-25-22(17)32)29-20(18)28-19(13-30)14-5-3-2-4-6-14/h2-8,11-12,19,30H,9-10,13H2,1H3,(H,24,31)(H,25,32)(H2,26,27,28,29)/t19-/m1/s1. The predicted octanol–water partition coefficient (Wildman–Crippen LogP) is 2.01. The van der Waals surface area contributed by atoms with Gasteiger partial charge in [-0.2, -0.15) is 4.98 Å². The molecule has 0 radical (unpaired) electrons. The van der Waals surface area contributed by atoms with Gasteiger partial charge in [-0.1, -0.05) is 30.3 Å². The van der Waals surface area contributed by atoms with Crippen molar-refractivity contribution in [2.45, 2.75) is 12.5 Å². The Bertz CT molecular complexity index is 1140. The Labute approximate surface area is 185 Å². The average molecular weight is 432 g/mol. The minimum atomic E-state index is -0.454. The third-order valence-electron chi connectivity index (χ3n) is 5.24. The Morgan fingerprint density at radius 3 is 2.78 bits per heavy atom. The van der Waals surface area contributed by atoms with Gasteiger partial charge in [-0.25, -0.2) is 4.98 Å². The Morgan fingerprint density at radius 1 is 1.22 bits per heavy atom. The summed E-state index contributed by atoms with van der Waals surface area (Å²) in [7, 11) is 1.53. The molecule has 0 aliphatic carbocycles. The molecular weight excluding hydrogens is 408 g/mol. The van der Waals surface area contributed by atoms with E-state index in [1.807, 2.05) is 36.4 Å². The monoisotopic (exact) mass is 432 g/mol. The number of carbonyl (C=O) groups is 2. The lowest BCUT2D eigenvalue weighted by molar-refractivity contribution is 0.0942. The summed E-state index contributed by atoms with van der Waals surface area (Å²) in [5.41, 5.74) is 3.46. The Balaban J connectivity index is 1.63. The third-order valence-corrected chi connectivity index (χ3v) is 5.24. The van der Waals surface area contributed by atoms with Gasteiger partial charge < -0.3 is 26.4 Å². The molecule has 2 heterocycles. The zero-order valence-electron chi connectivity index (χ0n) is 17.6. The van der Waals surface area contributed by atoms with Crippen molar-refractivity contribution in [3.05, 3.63) is 77.0 Å². The molecule has 1 aromatic heterocycles. The fourth-order valence-corrected chi connectivity index (χ4v) is 3.57. The molecule has 1 atom stereocenters. The van der Waals surface area contributed by atoms with Gasteiger partial charge in [0.1, 0.15) is 11.4 Å². The van der Waals surface area contributed by atoms with Crippen molar-refractivity contribution in [3.8, 4) is 0 Å². The topological polar surface area (TPSA) is 128 Å². The number of anilines is 3. The largest absolute Gasteiger partial charge is 0.394 e. The van der Waals surface area contributed by atoms with Gasteiger partial charge in [-0.05, 0) is 35.7 Å². The van der Waals surface area contributed by atoms with Crippen LogP contribution in [-0.2, 0) is 6.42 Å². The molecule has 9 heteroatoms. The first-order valence-corrected chi connectivity index (χ1v) is 10.3. The lowest BCUT2D eigenvalue weighted by atomic mass is 10.00. The highest BCUT2D eigenvalue weighted by Gasteiger charge is 2.19. The first kappa shape index (κ1) is 21.3. The molecule has 4 rings (SSSR count). The highest BCUT2D eigenvalue weighted by Crippen LogP contribution is 2.25. The fourth-order valence-electron chi connectivity index (χ4n) is 3.57. The van der Waals surface area contributed by atoms with E-state index in [-0.39, 0.29) is 29.9 Å². The summed E-state index contributed by atoms with van der Waals surface area (Å²) in [5, 5.41) is 21.6. The zero-order chi connectivity index (χ0) is 22.5. The van der Waals surface area contributed by atoms with E-state index in [1.54, 1.807) is 12.1 Å². The number of benzene rings is 2. The van der Waals surface area contributed by atoms with Crippen molar-refractivity contribution in [1.82, 2.24) is 20.6 Å². The summed E-state index contributed by atoms with van der Waals surface area (Å²) in [6.45, 7) is 0.416. The molecule has 32 heavy (non-hydrogen) atoms. The number of nitrogens with one attached hydrogen (secondary N) is 4. The van der Waals surface area contributed by atoms with E-state index in [1.165, 1.54) is 13.2 Å². The average Bonchev–Trinajstić information content (AvgIpc) is 2.83. The van der Waals surface area contributed by atoms with Crippen LogP contribution in [0.3, 0.4) is 0 Å². The van der Waals surface area contributed by atoms with E-state index in [2.05, 4.69) is 31.2 Å². The second kappa shape index (κ2) is 9.44. The van der Waals surface area contributed by atoms with Crippen LogP contribution >= 0.6 is 0 Å². The first-order chi connectivity index (χ1) is 15.6. The van der Waals surface area contributed by atoms with E-state index >= 15 is 0 Å². The number of aliphatic hydroxyl groups excluding tert-OH is 1. The third kappa shape index (κ3) is 4.52.